The molecule has 0 atom stereocenters. The van der Waals surface area contributed by atoms with Crippen molar-refractivity contribution >= 4 is 45.5 Å². The van der Waals surface area contributed by atoms with E-state index in [0.29, 0.717) is 19.6 Å². The van der Waals surface area contributed by atoms with Gasteiger partial charge in [-0.25, -0.2) is 19.3 Å². The molecule has 0 unspecified atom stereocenters. The van der Waals surface area contributed by atoms with E-state index < -0.39 is 5.82 Å². The number of rotatable bonds is 7. The second kappa shape index (κ2) is 18.3. The number of amides is 2. The lowest BCUT2D eigenvalue weighted by Crippen LogP contribution is -2.53. The van der Waals surface area contributed by atoms with Crippen molar-refractivity contribution in [3.8, 4) is 17.4 Å². The highest BCUT2D eigenvalue weighted by Crippen LogP contribution is 2.44. The fraction of sp³-hybridized carbons (Fsp3) is 0.346. The maximum Gasteiger partial charge on any atom is 0.229 e. The Balaban J connectivity index is 0.000000155. The first-order valence-electron chi connectivity index (χ1n) is 23.0. The van der Waals surface area contributed by atoms with E-state index in [9.17, 15) is 14.0 Å². The fourth-order valence-corrected chi connectivity index (χ4v) is 10.4. The normalized spacial score (nSPS) is 18.1. The Hall–Kier alpha value is -7.27. The first kappa shape index (κ1) is 42.7. The van der Waals surface area contributed by atoms with Crippen LogP contribution in [0.4, 0.5) is 16.0 Å². The van der Waals surface area contributed by atoms with Gasteiger partial charge in [0.05, 0.1) is 57.4 Å². The van der Waals surface area contributed by atoms with Crippen LogP contribution in [-0.2, 0) is 22.7 Å². The molecule has 14 heteroatoms. The molecular formula is C52H51FN10O3. The Morgan fingerprint density at radius 3 is 1.67 bits per heavy atom. The van der Waals surface area contributed by atoms with E-state index in [1.807, 2.05) is 107 Å². The third-order valence-corrected chi connectivity index (χ3v) is 14.2. The van der Waals surface area contributed by atoms with E-state index in [0.717, 1.165) is 140 Å². The number of likely N-dealkylation sites (tertiary alicyclic amines) is 2. The van der Waals surface area contributed by atoms with Crippen molar-refractivity contribution in [2.45, 2.75) is 64.5 Å². The summed E-state index contributed by atoms with van der Waals surface area (Å²) in [6, 6.07) is 32.1. The van der Waals surface area contributed by atoms with E-state index in [4.69, 9.17) is 19.6 Å². The van der Waals surface area contributed by atoms with Gasteiger partial charge in [0.25, 0.3) is 0 Å². The van der Waals surface area contributed by atoms with Crippen molar-refractivity contribution in [1.29, 1.82) is 5.26 Å². The Bertz CT molecular complexity index is 2920. The predicted octanol–water partition coefficient (Wildman–Crippen LogP) is 8.74. The number of oxazole rings is 1. The zero-order valence-electron chi connectivity index (χ0n) is 36.9. The second-order valence-corrected chi connectivity index (χ2v) is 18.0. The van der Waals surface area contributed by atoms with Gasteiger partial charge in [-0.3, -0.25) is 19.6 Å². The van der Waals surface area contributed by atoms with E-state index in [2.05, 4.69) is 24.8 Å². The summed E-state index contributed by atoms with van der Waals surface area (Å²) in [7, 11) is 0. The fourth-order valence-electron chi connectivity index (χ4n) is 10.4. The van der Waals surface area contributed by atoms with Gasteiger partial charge in [-0.15, -0.1) is 0 Å². The third kappa shape index (κ3) is 8.53. The van der Waals surface area contributed by atoms with E-state index in [1.165, 1.54) is 12.5 Å². The molecule has 11 rings (SSSR count). The molecule has 4 saturated heterocycles. The molecule has 13 nitrogen and oxygen atoms in total. The molecule has 4 aliphatic rings. The Kier molecular flexibility index (Phi) is 11.8. The Morgan fingerprint density at radius 2 is 1.12 bits per heavy atom. The number of anilines is 2. The SMILES string of the molecule is N#Cc1cc(CN2CCCC3(CCN(c4cnc5ccccc5n4)CC3)C2=O)ccc1F.O=C1N(Cc2ncoc2-c2ccccc2)CCCC12CCN(c1cnc3ccccc3n1)CC2. The summed E-state index contributed by atoms with van der Waals surface area (Å²) < 4.78 is 19.3. The largest absolute Gasteiger partial charge is 0.443 e. The molecule has 4 fully saturated rings. The maximum absolute atomic E-state index is 13.7. The van der Waals surface area contributed by atoms with Crippen LogP contribution < -0.4 is 9.80 Å². The molecule has 0 aliphatic carbocycles. The maximum atomic E-state index is 13.7. The van der Waals surface area contributed by atoms with Crippen molar-refractivity contribution in [3.05, 3.63) is 138 Å². The number of hydrogen-bond donors (Lipinski definition) is 0. The van der Waals surface area contributed by atoms with Crippen LogP contribution in [0.1, 0.15) is 68.2 Å². The highest BCUT2D eigenvalue weighted by Gasteiger charge is 2.47. The molecule has 4 aromatic carbocycles. The van der Waals surface area contributed by atoms with Crippen LogP contribution in [0.25, 0.3) is 33.4 Å². The third-order valence-electron chi connectivity index (χ3n) is 14.2. The molecule has 2 spiro atoms. The van der Waals surface area contributed by atoms with Crippen LogP contribution in [0, 0.1) is 28.0 Å². The molecule has 0 saturated carbocycles. The van der Waals surface area contributed by atoms with Crippen molar-refractivity contribution in [2.75, 3.05) is 49.1 Å². The summed E-state index contributed by atoms with van der Waals surface area (Å²) in [5, 5.41) is 9.09. The number of para-hydroxylation sites is 4. The molecule has 0 radical (unpaired) electrons. The zero-order valence-corrected chi connectivity index (χ0v) is 36.9. The van der Waals surface area contributed by atoms with Gasteiger partial charge in [0, 0.05) is 51.4 Å². The average molecular weight is 883 g/mol. The molecule has 7 heterocycles. The van der Waals surface area contributed by atoms with Gasteiger partial charge in [-0.05, 0) is 93.3 Å². The number of nitrogens with zero attached hydrogens (tertiary/aromatic N) is 10. The first-order valence-corrected chi connectivity index (χ1v) is 23.0. The van der Waals surface area contributed by atoms with Crippen LogP contribution in [0.5, 0.6) is 0 Å². The summed E-state index contributed by atoms with van der Waals surface area (Å²) in [4.78, 5) is 58.7. The van der Waals surface area contributed by atoms with Gasteiger partial charge in [0.1, 0.15) is 29.2 Å². The van der Waals surface area contributed by atoms with Gasteiger partial charge in [-0.2, -0.15) is 5.26 Å². The molecule has 334 valence electrons. The summed E-state index contributed by atoms with van der Waals surface area (Å²) >= 11 is 0. The number of carbonyl (C=O) groups is 2. The van der Waals surface area contributed by atoms with Crippen LogP contribution in [0.15, 0.2) is 120 Å². The van der Waals surface area contributed by atoms with Crippen molar-refractivity contribution in [2.24, 2.45) is 10.8 Å². The summed E-state index contributed by atoms with van der Waals surface area (Å²) in [6.07, 6.45) is 12.2. The van der Waals surface area contributed by atoms with Crippen LogP contribution >= 0.6 is 0 Å². The van der Waals surface area contributed by atoms with Crippen molar-refractivity contribution in [3.63, 3.8) is 0 Å². The first-order chi connectivity index (χ1) is 32.3. The quantitative estimate of drug-likeness (QED) is 0.151. The minimum atomic E-state index is -0.526. The number of halogens is 1. The highest BCUT2D eigenvalue weighted by molar-refractivity contribution is 5.85. The summed E-state index contributed by atoms with van der Waals surface area (Å²) in [6.45, 7) is 5.51. The Morgan fingerprint density at radius 1 is 0.606 bits per heavy atom. The summed E-state index contributed by atoms with van der Waals surface area (Å²) in [5.74, 6) is 2.40. The Labute approximate surface area is 382 Å². The van der Waals surface area contributed by atoms with E-state index >= 15 is 0 Å². The van der Waals surface area contributed by atoms with Gasteiger partial charge in [-0.1, -0.05) is 60.7 Å². The van der Waals surface area contributed by atoms with Crippen LogP contribution in [-0.4, -0.2) is 85.8 Å². The minimum absolute atomic E-state index is 0.0199. The van der Waals surface area contributed by atoms with Crippen molar-refractivity contribution < 1.29 is 18.4 Å². The number of carbonyl (C=O) groups excluding carboxylic acids is 2. The molecule has 0 bridgehead atoms. The van der Waals surface area contributed by atoms with E-state index in [1.54, 1.807) is 12.1 Å². The number of aromatic nitrogens is 5. The number of fused-ring (bicyclic) bond motifs is 2. The lowest BCUT2D eigenvalue weighted by atomic mass is 9.71. The second-order valence-electron chi connectivity index (χ2n) is 18.0. The van der Waals surface area contributed by atoms with E-state index in [-0.39, 0.29) is 28.2 Å². The molecule has 3 aromatic heterocycles. The topological polar surface area (TPSA) is 148 Å². The average Bonchev–Trinajstić information content (AvgIpc) is 3.84. The number of hydrogen-bond acceptors (Lipinski definition) is 11. The molecule has 66 heavy (non-hydrogen) atoms. The van der Waals surface area contributed by atoms with Gasteiger partial charge in [0.15, 0.2) is 12.2 Å². The lowest BCUT2D eigenvalue weighted by molar-refractivity contribution is -0.149. The number of benzene rings is 4. The molecule has 4 aliphatic heterocycles. The van der Waals surface area contributed by atoms with Crippen LogP contribution in [0.3, 0.4) is 0 Å². The zero-order chi connectivity index (χ0) is 45.1. The lowest BCUT2D eigenvalue weighted by Gasteiger charge is -2.46. The monoisotopic (exact) mass is 882 g/mol. The molecule has 7 aromatic rings. The smallest absolute Gasteiger partial charge is 0.229 e. The highest BCUT2D eigenvalue weighted by atomic mass is 19.1. The number of nitriles is 1. The van der Waals surface area contributed by atoms with Gasteiger partial charge >= 0.3 is 0 Å². The van der Waals surface area contributed by atoms with Gasteiger partial charge < -0.3 is 24.0 Å². The predicted molar refractivity (Wildman–Crippen MR) is 249 cm³/mol. The van der Waals surface area contributed by atoms with Crippen LogP contribution in [0.2, 0.25) is 0 Å². The summed E-state index contributed by atoms with van der Waals surface area (Å²) in [5.41, 5.74) is 5.53. The number of piperidine rings is 4. The molecule has 2 amide bonds. The minimum Gasteiger partial charge on any atom is -0.443 e. The molecule has 0 N–H and O–H groups in total. The van der Waals surface area contributed by atoms with Gasteiger partial charge in [0.2, 0.25) is 11.8 Å². The van der Waals surface area contributed by atoms with Crippen molar-refractivity contribution in [1.82, 2.24) is 34.7 Å². The molecular weight excluding hydrogens is 832 g/mol. The standard InChI is InChI=1S/C27H27N5O2.C25H24FN5O/c33-26-27(12-15-31(16-13-27)24-17-28-21-9-4-5-10-22(21)30-24)11-6-14-32(26)18-23-25(34-19-29-23)20-7-2-1-3-8-20;26-20-7-6-18(14-19(20)15-27)17-31-11-3-8-25(24(31)32)9-12-30(13-10-25)23-16-28-21-4-1-2-5-22(21)29-23/h1-5,7-10,17,19H,6,11-16,18H2;1-2,4-7,14,16H,3,8-13,17H2.